The molecule has 0 unspecified atom stereocenters. The van der Waals surface area contributed by atoms with Crippen LogP contribution in [0.25, 0.3) is 22.0 Å². The van der Waals surface area contributed by atoms with Crippen molar-refractivity contribution in [2.24, 2.45) is 13.0 Å². The van der Waals surface area contributed by atoms with E-state index in [0.717, 1.165) is 66.8 Å². The van der Waals surface area contributed by atoms with Crippen molar-refractivity contribution in [1.29, 1.82) is 0 Å². The molecule has 2 aromatic heterocycles. The Morgan fingerprint density at radius 3 is 2.68 bits per heavy atom. The maximum atomic E-state index is 12.9. The number of likely N-dealkylation sites (tertiary alicyclic amines) is 1. The number of piperidine rings is 1. The number of nitrogens with zero attached hydrogens (tertiary/aromatic N) is 5. The molecular formula is C24H31N5O2. The third-order valence-electron chi connectivity index (χ3n) is 5.93. The summed E-state index contributed by atoms with van der Waals surface area (Å²) in [5, 5.41) is 13.9. The summed E-state index contributed by atoms with van der Waals surface area (Å²) >= 11 is 0. The first-order valence-corrected chi connectivity index (χ1v) is 11.1. The molecule has 1 aliphatic heterocycles. The van der Waals surface area contributed by atoms with Crippen molar-refractivity contribution in [1.82, 2.24) is 24.9 Å². The first-order chi connectivity index (χ1) is 15.0. The summed E-state index contributed by atoms with van der Waals surface area (Å²) in [5.41, 5.74) is 3.72. The minimum atomic E-state index is 0.112. The lowest BCUT2D eigenvalue weighted by molar-refractivity contribution is -0.123. The molecule has 0 N–H and O–H groups in total. The quantitative estimate of drug-likeness (QED) is 0.556. The van der Waals surface area contributed by atoms with Crippen LogP contribution in [0.2, 0.25) is 0 Å². The van der Waals surface area contributed by atoms with Gasteiger partial charge in [-0.1, -0.05) is 6.07 Å². The van der Waals surface area contributed by atoms with Crippen molar-refractivity contribution in [3.63, 3.8) is 0 Å². The highest BCUT2D eigenvalue weighted by Gasteiger charge is 2.25. The summed E-state index contributed by atoms with van der Waals surface area (Å²) in [4.78, 5) is 15.3. The first-order valence-electron chi connectivity index (χ1n) is 11.1. The van der Waals surface area contributed by atoms with Crippen molar-refractivity contribution in [2.45, 2.75) is 39.2 Å². The molecular weight excluding hydrogens is 390 g/mol. The second-order valence-corrected chi connectivity index (χ2v) is 8.69. The molecule has 7 heteroatoms. The van der Waals surface area contributed by atoms with Crippen molar-refractivity contribution in [3.8, 4) is 11.1 Å². The second kappa shape index (κ2) is 9.66. The molecule has 0 atom stereocenters. The summed E-state index contributed by atoms with van der Waals surface area (Å²) < 4.78 is 7.43. The van der Waals surface area contributed by atoms with Gasteiger partial charge in [0.15, 0.2) is 0 Å². The molecule has 1 saturated heterocycles. The maximum absolute atomic E-state index is 12.9. The zero-order valence-corrected chi connectivity index (χ0v) is 18.6. The highest BCUT2D eigenvalue weighted by Crippen LogP contribution is 2.24. The number of ketones is 1. The molecule has 0 bridgehead atoms. The molecule has 4 rings (SSSR count). The van der Waals surface area contributed by atoms with Crippen LogP contribution in [-0.2, 0) is 23.0 Å². The molecule has 1 aliphatic rings. The Labute approximate surface area is 183 Å². The number of aromatic nitrogens is 4. The standard InChI is InChI=1S/C24H31N5O2/c1-17(2)31-11-10-29-8-6-18(7-9-29)24(30)14-22-13-20-12-19(4-5-23(20)27-26-22)21-15-25-28(3)16-21/h4-5,12-13,15-18H,6-11,14H2,1-3H3. The van der Waals surface area contributed by atoms with Crippen LogP contribution in [0.5, 0.6) is 0 Å². The van der Waals surface area contributed by atoms with Crippen LogP contribution in [-0.4, -0.2) is 63.0 Å². The van der Waals surface area contributed by atoms with Gasteiger partial charge in [0.25, 0.3) is 0 Å². The van der Waals surface area contributed by atoms with Gasteiger partial charge in [0, 0.05) is 36.7 Å². The molecule has 0 spiro atoms. The molecule has 1 aromatic carbocycles. The van der Waals surface area contributed by atoms with Gasteiger partial charge in [-0.2, -0.15) is 15.3 Å². The van der Waals surface area contributed by atoms with E-state index in [0.29, 0.717) is 6.42 Å². The van der Waals surface area contributed by atoms with Gasteiger partial charge in [-0.25, -0.2) is 0 Å². The monoisotopic (exact) mass is 421 g/mol. The largest absolute Gasteiger partial charge is 0.377 e. The summed E-state index contributed by atoms with van der Waals surface area (Å²) in [6, 6.07) is 8.08. The molecule has 3 aromatic rings. The number of ether oxygens (including phenoxy) is 1. The molecule has 164 valence electrons. The predicted molar refractivity (Wildman–Crippen MR) is 121 cm³/mol. The minimum Gasteiger partial charge on any atom is -0.377 e. The Hall–Kier alpha value is -2.64. The zero-order valence-electron chi connectivity index (χ0n) is 18.6. The predicted octanol–water partition coefficient (Wildman–Crippen LogP) is 3.28. The highest BCUT2D eigenvalue weighted by molar-refractivity contribution is 5.86. The van der Waals surface area contributed by atoms with E-state index < -0.39 is 0 Å². The lowest BCUT2D eigenvalue weighted by Gasteiger charge is -2.31. The number of carbonyl (C=O) groups excluding carboxylic acids is 1. The minimum absolute atomic E-state index is 0.112. The normalized spacial score (nSPS) is 15.7. The summed E-state index contributed by atoms with van der Waals surface area (Å²) in [7, 11) is 1.91. The van der Waals surface area contributed by atoms with E-state index in [1.807, 2.05) is 37.6 Å². The van der Waals surface area contributed by atoms with Gasteiger partial charge in [0.05, 0.1) is 36.5 Å². The van der Waals surface area contributed by atoms with Crippen LogP contribution < -0.4 is 0 Å². The average Bonchev–Trinajstić information content (AvgIpc) is 3.20. The number of hydrogen-bond donors (Lipinski definition) is 0. The molecule has 0 amide bonds. The van der Waals surface area contributed by atoms with Gasteiger partial charge in [-0.3, -0.25) is 9.48 Å². The van der Waals surface area contributed by atoms with Crippen molar-refractivity contribution < 1.29 is 9.53 Å². The number of Topliss-reactive ketones (excluding diaryl/α,β-unsaturated/α-hetero) is 1. The third kappa shape index (κ3) is 5.54. The lowest BCUT2D eigenvalue weighted by atomic mass is 9.90. The van der Waals surface area contributed by atoms with Gasteiger partial charge in [0.1, 0.15) is 5.78 Å². The SMILES string of the molecule is CC(C)OCCN1CCC(C(=O)Cc2cc3cc(-c4cnn(C)c4)ccc3nn2)CC1. The topological polar surface area (TPSA) is 73.1 Å². The second-order valence-electron chi connectivity index (χ2n) is 8.69. The van der Waals surface area contributed by atoms with E-state index in [2.05, 4.69) is 40.1 Å². The highest BCUT2D eigenvalue weighted by atomic mass is 16.5. The molecule has 0 saturated carbocycles. The number of carbonyl (C=O) groups is 1. The molecule has 3 heterocycles. The van der Waals surface area contributed by atoms with Gasteiger partial charge in [-0.05, 0) is 63.5 Å². The average molecular weight is 422 g/mol. The van der Waals surface area contributed by atoms with Crippen LogP contribution >= 0.6 is 0 Å². The van der Waals surface area contributed by atoms with Crippen LogP contribution in [0.4, 0.5) is 0 Å². The summed E-state index contributed by atoms with van der Waals surface area (Å²) in [6.45, 7) is 7.71. The number of benzene rings is 1. The van der Waals surface area contributed by atoms with E-state index in [4.69, 9.17) is 4.74 Å². The fourth-order valence-corrected chi connectivity index (χ4v) is 4.14. The smallest absolute Gasteiger partial charge is 0.142 e. The van der Waals surface area contributed by atoms with Gasteiger partial charge in [0.2, 0.25) is 0 Å². The van der Waals surface area contributed by atoms with Crippen molar-refractivity contribution in [3.05, 3.63) is 42.4 Å². The molecule has 31 heavy (non-hydrogen) atoms. The number of aryl methyl sites for hydroxylation is 1. The number of hydrogen-bond acceptors (Lipinski definition) is 6. The fourth-order valence-electron chi connectivity index (χ4n) is 4.14. The van der Waals surface area contributed by atoms with Crippen LogP contribution in [0.1, 0.15) is 32.4 Å². The van der Waals surface area contributed by atoms with Crippen LogP contribution in [0.15, 0.2) is 36.7 Å². The Morgan fingerprint density at radius 2 is 1.97 bits per heavy atom. The Kier molecular flexibility index (Phi) is 6.73. The van der Waals surface area contributed by atoms with Gasteiger partial charge >= 0.3 is 0 Å². The molecule has 7 nitrogen and oxygen atoms in total. The molecule has 0 radical (unpaired) electrons. The van der Waals surface area contributed by atoms with Crippen molar-refractivity contribution >= 4 is 16.7 Å². The lowest BCUT2D eigenvalue weighted by Crippen LogP contribution is -2.38. The Morgan fingerprint density at radius 1 is 1.16 bits per heavy atom. The van der Waals surface area contributed by atoms with E-state index in [1.54, 1.807) is 4.68 Å². The van der Waals surface area contributed by atoms with E-state index in [-0.39, 0.29) is 17.8 Å². The maximum Gasteiger partial charge on any atom is 0.142 e. The van der Waals surface area contributed by atoms with Crippen molar-refractivity contribution in [2.75, 3.05) is 26.2 Å². The summed E-state index contributed by atoms with van der Waals surface area (Å²) in [6.07, 6.45) is 6.27. The van der Waals surface area contributed by atoms with E-state index in [9.17, 15) is 4.79 Å². The summed E-state index contributed by atoms with van der Waals surface area (Å²) in [5.74, 6) is 0.386. The Balaban J connectivity index is 1.36. The third-order valence-corrected chi connectivity index (χ3v) is 5.93. The van der Waals surface area contributed by atoms with E-state index >= 15 is 0 Å². The van der Waals surface area contributed by atoms with Gasteiger partial charge < -0.3 is 9.64 Å². The Bertz CT molecular complexity index is 1040. The molecule has 0 aliphatic carbocycles. The van der Waals surface area contributed by atoms with Gasteiger partial charge in [-0.15, -0.1) is 0 Å². The van der Waals surface area contributed by atoms with Crippen LogP contribution in [0, 0.1) is 5.92 Å². The van der Waals surface area contributed by atoms with Crippen LogP contribution in [0.3, 0.4) is 0 Å². The zero-order chi connectivity index (χ0) is 21.8. The van der Waals surface area contributed by atoms with E-state index in [1.165, 1.54) is 0 Å². The fraction of sp³-hybridized carbons (Fsp3) is 0.500. The first kappa shape index (κ1) is 21.6. The number of rotatable bonds is 8. The number of fused-ring (bicyclic) bond motifs is 1. The molecule has 1 fully saturated rings.